The van der Waals surface area contributed by atoms with Crippen LogP contribution in [0.2, 0.25) is 0 Å². The summed E-state index contributed by atoms with van der Waals surface area (Å²) in [4.78, 5) is 13.5. The molecular formula is C25H20O. The molecule has 0 bridgehead atoms. The molecule has 2 aromatic rings. The highest BCUT2D eigenvalue weighted by Gasteiger charge is 2.27. The van der Waals surface area contributed by atoms with Gasteiger partial charge in [0, 0.05) is 23.0 Å². The Morgan fingerprint density at radius 1 is 0.577 bits per heavy atom. The van der Waals surface area contributed by atoms with Crippen molar-refractivity contribution in [2.24, 2.45) is 11.8 Å². The van der Waals surface area contributed by atoms with Gasteiger partial charge < -0.3 is 0 Å². The average molecular weight is 336 g/mol. The van der Waals surface area contributed by atoms with Gasteiger partial charge in [0.05, 0.1) is 0 Å². The van der Waals surface area contributed by atoms with E-state index < -0.39 is 0 Å². The molecule has 0 amide bonds. The molecule has 2 aliphatic rings. The van der Waals surface area contributed by atoms with Gasteiger partial charge in [0.2, 0.25) is 0 Å². The zero-order chi connectivity index (χ0) is 17.8. The number of ketones is 1. The lowest BCUT2D eigenvalue weighted by atomic mass is 9.81. The smallest absolute Gasteiger partial charge is 0.190 e. The average Bonchev–Trinajstić information content (AvgIpc) is 3.41. The summed E-state index contributed by atoms with van der Waals surface area (Å²) in [5, 5.41) is 0. The van der Waals surface area contributed by atoms with Crippen LogP contribution in [0.15, 0.2) is 115 Å². The van der Waals surface area contributed by atoms with E-state index in [1.807, 2.05) is 60.7 Å². The van der Waals surface area contributed by atoms with Gasteiger partial charge in [-0.2, -0.15) is 0 Å². The minimum absolute atomic E-state index is 0.000289. The number of Topliss-reactive ketones (excluding diaryl/α,β-unsaturated/α-hetero) is 1. The van der Waals surface area contributed by atoms with E-state index in [1.165, 1.54) is 0 Å². The van der Waals surface area contributed by atoms with Crippen molar-refractivity contribution in [3.05, 3.63) is 126 Å². The van der Waals surface area contributed by atoms with Gasteiger partial charge in [0.1, 0.15) is 0 Å². The Morgan fingerprint density at radius 2 is 1.04 bits per heavy atom. The Kier molecular flexibility index (Phi) is 4.61. The number of rotatable bonds is 5. The van der Waals surface area contributed by atoms with Crippen LogP contribution in [0.3, 0.4) is 0 Å². The molecule has 26 heavy (non-hydrogen) atoms. The third-order valence-electron chi connectivity index (χ3n) is 4.82. The molecule has 0 N–H and O–H groups in total. The highest BCUT2D eigenvalue weighted by atomic mass is 16.1. The van der Waals surface area contributed by atoms with Crippen molar-refractivity contribution in [3.8, 4) is 0 Å². The number of benzene rings is 2. The molecule has 0 fully saturated rings. The molecule has 0 saturated carbocycles. The second kappa shape index (κ2) is 7.37. The van der Waals surface area contributed by atoms with Crippen LogP contribution in [-0.2, 0) is 0 Å². The van der Waals surface area contributed by atoms with Crippen molar-refractivity contribution in [1.82, 2.24) is 0 Å². The van der Waals surface area contributed by atoms with Gasteiger partial charge in [0.15, 0.2) is 5.78 Å². The minimum Gasteiger partial charge on any atom is -0.289 e. The van der Waals surface area contributed by atoms with E-state index in [0.29, 0.717) is 0 Å². The predicted octanol–water partition coefficient (Wildman–Crippen LogP) is 5.81. The topological polar surface area (TPSA) is 17.1 Å². The molecule has 0 atom stereocenters. The molecule has 0 aromatic heterocycles. The number of allylic oxidation sites excluding steroid dienone is 10. The Hall–Kier alpha value is -3.19. The molecule has 0 spiro atoms. The third kappa shape index (κ3) is 3.16. The molecule has 4 rings (SSSR count). The highest BCUT2D eigenvalue weighted by Crippen LogP contribution is 2.37. The lowest BCUT2D eigenvalue weighted by Gasteiger charge is -2.21. The highest BCUT2D eigenvalue weighted by molar-refractivity contribution is 6.14. The summed E-state index contributed by atoms with van der Waals surface area (Å²) in [5.74, 6) is 0.210. The van der Waals surface area contributed by atoms with Crippen molar-refractivity contribution in [2.75, 3.05) is 0 Å². The summed E-state index contributed by atoms with van der Waals surface area (Å²) in [6.07, 6.45) is 16.7. The molecule has 0 saturated heterocycles. The van der Waals surface area contributed by atoms with Crippen molar-refractivity contribution in [1.29, 1.82) is 0 Å². The largest absolute Gasteiger partial charge is 0.289 e. The van der Waals surface area contributed by atoms with Gasteiger partial charge in [-0.3, -0.25) is 4.79 Å². The quantitative estimate of drug-likeness (QED) is 0.497. The first kappa shape index (κ1) is 16.3. The number of hydrogen-bond acceptors (Lipinski definition) is 1. The summed E-state index contributed by atoms with van der Waals surface area (Å²) in [6.45, 7) is 0. The van der Waals surface area contributed by atoms with Gasteiger partial charge in [-0.25, -0.2) is 0 Å². The Morgan fingerprint density at radius 3 is 1.58 bits per heavy atom. The lowest BCUT2D eigenvalue weighted by molar-refractivity contribution is 0.102. The zero-order valence-corrected chi connectivity index (χ0v) is 14.5. The van der Waals surface area contributed by atoms with Gasteiger partial charge in [-0.1, -0.05) is 109 Å². The second-order valence-electron chi connectivity index (χ2n) is 6.48. The first-order valence-electron chi connectivity index (χ1n) is 8.94. The number of carbonyl (C=O) groups is 1. The van der Waals surface area contributed by atoms with Crippen LogP contribution in [0.25, 0.3) is 5.57 Å². The molecule has 1 heteroatoms. The van der Waals surface area contributed by atoms with Crippen LogP contribution in [-0.4, -0.2) is 5.78 Å². The molecular weight excluding hydrogens is 316 g/mol. The van der Waals surface area contributed by atoms with Gasteiger partial charge in [0.25, 0.3) is 0 Å². The fourth-order valence-corrected chi connectivity index (χ4v) is 3.59. The molecule has 0 radical (unpaired) electrons. The molecule has 0 unspecified atom stereocenters. The van der Waals surface area contributed by atoms with E-state index in [2.05, 4.69) is 48.6 Å². The fourth-order valence-electron chi connectivity index (χ4n) is 3.59. The van der Waals surface area contributed by atoms with Gasteiger partial charge in [-0.05, 0) is 11.1 Å². The lowest BCUT2D eigenvalue weighted by Crippen LogP contribution is -2.15. The Bertz CT molecular complexity index is 916. The van der Waals surface area contributed by atoms with E-state index in [4.69, 9.17) is 0 Å². The van der Waals surface area contributed by atoms with E-state index in [1.54, 1.807) is 0 Å². The Labute approximate surface area is 154 Å². The van der Waals surface area contributed by atoms with E-state index in [0.717, 1.165) is 22.3 Å². The maximum Gasteiger partial charge on any atom is 0.190 e. The van der Waals surface area contributed by atoms with Crippen molar-refractivity contribution < 1.29 is 4.79 Å². The summed E-state index contributed by atoms with van der Waals surface area (Å²) in [7, 11) is 0. The molecule has 1 nitrogen and oxygen atoms in total. The molecule has 0 aliphatic heterocycles. The maximum atomic E-state index is 13.5. The molecule has 126 valence electrons. The predicted molar refractivity (Wildman–Crippen MR) is 108 cm³/mol. The summed E-state index contributed by atoms with van der Waals surface area (Å²) >= 11 is 0. The molecule has 2 aromatic carbocycles. The first-order valence-corrected chi connectivity index (χ1v) is 8.94. The second-order valence-corrected chi connectivity index (χ2v) is 6.48. The van der Waals surface area contributed by atoms with E-state index in [9.17, 15) is 4.79 Å². The normalized spacial score (nSPS) is 17.1. The van der Waals surface area contributed by atoms with Crippen LogP contribution >= 0.6 is 0 Å². The maximum absolute atomic E-state index is 13.5. The van der Waals surface area contributed by atoms with E-state index in [-0.39, 0.29) is 17.6 Å². The fraction of sp³-hybridized carbons (Fsp3) is 0.0800. The summed E-state index contributed by atoms with van der Waals surface area (Å²) in [6, 6.07) is 19.8. The standard InChI is InChI=1S/C25H20O/c26-25(22-17-5-2-6-18-22)24(21-15-9-10-16-21)23(20-13-7-8-14-20)19-11-3-1-4-12-19/h1-18,20-21H. The monoisotopic (exact) mass is 336 g/mol. The minimum atomic E-state index is 0.000289. The number of hydrogen-bond donors (Lipinski definition) is 0. The van der Waals surface area contributed by atoms with Crippen molar-refractivity contribution >= 4 is 11.4 Å². The third-order valence-corrected chi connectivity index (χ3v) is 4.82. The Balaban J connectivity index is 1.94. The number of carbonyl (C=O) groups excluding carboxylic acids is 1. The van der Waals surface area contributed by atoms with Crippen LogP contribution in [0.5, 0.6) is 0 Å². The first-order chi connectivity index (χ1) is 12.8. The zero-order valence-electron chi connectivity index (χ0n) is 14.5. The summed E-state index contributed by atoms with van der Waals surface area (Å²) < 4.78 is 0. The van der Waals surface area contributed by atoms with Crippen molar-refractivity contribution in [2.45, 2.75) is 0 Å². The molecule has 2 aliphatic carbocycles. The van der Waals surface area contributed by atoms with Gasteiger partial charge in [-0.15, -0.1) is 0 Å². The van der Waals surface area contributed by atoms with Crippen LogP contribution in [0.4, 0.5) is 0 Å². The van der Waals surface area contributed by atoms with Crippen LogP contribution < -0.4 is 0 Å². The van der Waals surface area contributed by atoms with E-state index >= 15 is 0 Å². The van der Waals surface area contributed by atoms with Gasteiger partial charge >= 0.3 is 0 Å². The van der Waals surface area contributed by atoms with Crippen molar-refractivity contribution in [3.63, 3.8) is 0 Å². The van der Waals surface area contributed by atoms with Crippen LogP contribution in [0.1, 0.15) is 15.9 Å². The van der Waals surface area contributed by atoms with Crippen LogP contribution in [0, 0.1) is 11.8 Å². The SMILES string of the molecule is O=C(C(=C(c1ccccc1)C1C=CC=C1)C1C=CC=C1)c1ccccc1. The molecule has 0 heterocycles. The summed E-state index contributed by atoms with van der Waals surface area (Å²) in [5.41, 5.74) is 3.77.